The van der Waals surface area contributed by atoms with E-state index in [0.717, 1.165) is 0 Å². The number of nitrogen functional groups attached to an aromatic ring is 1. The third kappa shape index (κ3) is 2.60. The first-order valence-electron chi connectivity index (χ1n) is 5.26. The lowest BCUT2D eigenvalue weighted by Crippen LogP contribution is -2.12. The van der Waals surface area contributed by atoms with E-state index in [2.05, 4.69) is 10.3 Å². The van der Waals surface area contributed by atoms with E-state index >= 15 is 0 Å². The molecule has 1 amide bonds. The van der Waals surface area contributed by atoms with Gasteiger partial charge in [0.25, 0.3) is 5.91 Å². The highest BCUT2D eigenvalue weighted by atomic mass is 16.5. The van der Waals surface area contributed by atoms with E-state index in [0.29, 0.717) is 22.7 Å². The van der Waals surface area contributed by atoms with Gasteiger partial charge in [-0.2, -0.15) is 4.98 Å². The van der Waals surface area contributed by atoms with Crippen LogP contribution < -0.4 is 15.8 Å². The number of amides is 1. The Bertz CT molecular complexity index is 578. The first-order valence-corrected chi connectivity index (χ1v) is 5.26. The standard InChI is InChI=1S/C12H13N3O3/c1-7-6-18-12(14-7)15-11(16)8-3-9(13)5-10(4-8)17-2/h3-6H,13H2,1-2H3,(H,14,15,16). The number of carbonyl (C=O) groups excluding carboxylic acids is 1. The van der Waals surface area contributed by atoms with Crippen LogP contribution in [0.25, 0.3) is 0 Å². The first-order chi connectivity index (χ1) is 8.58. The van der Waals surface area contributed by atoms with Crippen molar-refractivity contribution in [3.05, 3.63) is 35.7 Å². The van der Waals surface area contributed by atoms with Crippen molar-refractivity contribution in [2.24, 2.45) is 0 Å². The summed E-state index contributed by atoms with van der Waals surface area (Å²) in [5.41, 5.74) is 7.19. The van der Waals surface area contributed by atoms with Crippen molar-refractivity contribution >= 4 is 17.6 Å². The zero-order chi connectivity index (χ0) is 13.1. The molecule has 3 N–H and O–H groups in total. The number of oxazole rings is 1. The van der Waals surface area contributed by atoms with Gasteiger partial charge < -0.3 is 14.9 Å². The summed E-state index contributed by atoms with van der Waals surface area (Å²) in [6.45, 7) is 1.77. The Hall–Kier alpha value is -2.50. The van der Waals surface area contributed by atoms with Gasteiger partial charge in [-0.15, -0.1) is 0 Å². The maximum atomic E-state index is 11.9. The van der Waals surface area contributed by atoms with Gasteiger partial charge in [-0.1, -0.05) is 0 Å². The molecule has 0 bridgehead atoms. The molecule has 0 spiro atoms. The number of hydrogen-bond donors (Lipinski definition) is 2. The van der Waals surface area contributed by atoms with Gasteiger partial charge in [-0.05, 0) is 19.1 Å². The van der Waals surface area contributed by atoms with E-state index in [9.17, 15) is 4.79 Å². The minimum atomic E-state index is -0.359. The Kier molecular flexibility index (Phi) is 3.18. The normalized spacial score (nSPS) is 10.1. The lowest BCUT2D eigenvalue weighted by molar-refractivity contribution is 0.102. The molecule has 0 aliphatic carbocycles. The molecule has 0 atom stereocenters. The van der Waals surface area contributed by atoms with Crippen LogP contribution in [-0.2, 0) is 0 Å². The zero-order valence-corrected chi connectivity index (χ0v) is 10.1. The maximum absolute atomic E-state index is 11.9. The fourth-order valence-corrected chi connectivity index (χ4v) is 1.45. The molecule has 1 aromatic carbocycles. The first kappa shape index (κ1) is 12.0. The second-order valence-electron chi connectivity index (χ2n) is 3.74. The molecule has 6 heteroatoms. The molecule has 0 fully saturated rings. The molecule has 18 heavy (non-hydrogen) atoms. The van der Waals surface area contributed by atoms with Crippen LogP contribution in [0, 0.1) is 6.92 Å². The van der Waals surface area contributed by atoms with E-state index in [4.69, 9.17) is 14.9 Å². The van der Waals surface area contributed by atoms with Crippen LogP contribution in [0.15, 0.2) is 28.9 Å². The van der Waals surface area contributed by atoms with Gasteiger partial charge in [-0.25, -0.2) is 0 Å². The average Bonchev–Trinajstić information content (AvgIpc) is 2.73. The monoisotopic (exact) mass is 247 g/mol. The molecule has 1 aromatic heterocycles. The van der Waals surface area contributed by atoms with Crippen molar-refractivity contribution in [2.45, 2.75) is 6.92 Å². The van der Waals surface area contributed by atoms with Crippen LogP contribution >= 0.6 is 0 Å². The number of rotatable bonds is 3. The smallest absolute Gasteiger partial charge is 0.301 e. The second kappa shape index (κ2) is 4.79. The van der Waals surface area contributed by atoms with Gasteiger partial charge in [0.2, 0.25) is 0 Å². The lowest BCUT2D eigenvalue weighted by atomic mass is 10.2. The topological polar surface area (TPSA) is 90.4 Å². The van der Waals surface area contributed by atoms with E-state index in [1.54, 1.807) is 25.1 Å². The SMILES string of the molecule is COc1cc(N)cc(C(=O)Nc2nc(C)co2)c1. The number of ether oxygens (including phenoxy) is 1. The predicted octanol–water partition coefficient (Wildman–Crippen LogP) is 1.83. The summed E-state index contributed by atoms with van der Waals surface area (Å²) in [5.74, 6) is 0.159. The van der Waals surface area contributed by atoms with Crippen LogP contribution in [0.3, 0.4) is 0 Å². The summed E-state index contributed by atoms with van der Waals surface area (Å²) in [4.78, 5) is 15.9. The van der Waals surface area contributed by atoms with Crippen LogP contribution in [0.1, 0.15) is 16.1 Å². The fraction of sp³-hybridized carbons (Fsp3) is 0.167. The number of nitrogens with two attached hydrogens (primary N) is 1. The highest BCUT2D eigenvalue weighted by Gasteiger charge is 2.11. The molecule has 6 nitrogen and oxygen atoms in total. The molecule has 1 heterocycles. The number of carbonyl (C=O) groups is 1. The Balaban J connectivity index is 2.20. The molecule has 94 valence electrons. The summed E-state index contributed by atoms with van der Waals surface area (Å²) in [7, 11) is 1.51. The molecule has 0 unspecified atom stereocenters. The number of nitrogens with zero attached hydrogens (tertiary/aromatic N) is 1. The lowest BCUT2D eigenvalue weighted by Gasteiger charge is -2.05. The van der Waals surface area contributed by atoms with Crippen molar-refractivity contribution in [1.29, 1.82) is 0 Å². The van der Waals surface area contributed by atoms with Crippen molar-refractivity contribution in [2.75, 3.05) is 18.2 Å². The highest BCUT2D eigenvalue weighted by molar-refractivity contribution is 6.04. The molecule has 0 aliphatic rings. The van der Waals surface area contributed by atoms with Gasteiger partial charge in [0.05, 0.1) is 12.8 Å². The van der Waals surface area contributed by atoms with Gasteiger partial charge in [0.1, 0.15) is 12.0 Å². The Labute approximate surface area is 104 Å². The van der Waals surface area contributed by atoms with Gasteiger partial charge in [-0.3, -0.25) is 10.1 Å². The van der Waals surface area contributed by atoms with E-state index in [1.165, 1.54) is 13.4 Å². The largest absolute Gasteiger partial charge is 0.497 e. The van der Waals surface area contributed by atoms with E-state index in [1.807, 2.05) is 0 Å². The van der Waals surface area contributed by atoms with Gasteiger partial charge >= 0.3 is 6.01 Å². The zero-order valence-electron chi connectivity index (χ0n) is 10.1. The minimum absolute atomic E-state index is 0.152. The molecular formula is C12H13N3O3. The fourth-order valence-electron chi connectivity index (χ4n) is 1.45. The van der Waals surface area contributed by atoms with Crippen molar-refractivity contribution in [1.82, 2.24) is 4.98 Å². The Morgan fingerprint density at radius 3 is 2.83 bits per heavy atom. The summed E-state index contributed by atoms with van der Waals surface area (Å²) in [5, 5.41) is 2.53. The summed E-state index contributed by atoms with van der Waals surface area (Å²) in [6, 6.07) is 4.92. The summed E-state index contributed by atoms with van der Waals surface area (Å²) >= 11 is 0. The molecule has 0 radical (unpaired) electrons. The van der Waals surface area contributed by atoms with Gasteiger partial charge in [0.15, 0.2) is 0 Å². The Morgan fingerprint density at radius 1 is 1.44 bits per heavy atom. The molecule has 0 saturated carbocycles. The van der Waals surface area contributed by atoms with Crippen LogP contribution in [0.4, 0.5) is 11.7 Å². The van der Waals surface area contributed by atoms with E-state index in [-0.39, 0.29) is 11.9 Å². The van der Waals surface area contributed by atoms with Crippen molar-refractivity contribution in [3.8, 4) is 5.75 Å². The van der Waals surface area contributed by atoms with E-state index < -0.39 is 0 Å². The number of nitrogens with one attached hydrogen (secondary N) is 1. The Morgan fingerprint density at radius 2 is 2.22 bits per heavy atom. The highest BCUT2D eigenvalue weighted by Crippen LogP contribution is 2.19. The quantitative estimate of drug-likeness (QED) is 0.807. The summed E-state index contributed by atoms with van der Waals surface area (Å²) < 4.78 is 10.1. The number of aromatic nitrogens is 1. The molecule has 0 saturated heterocycles. The van der Waals surface area contributed by atoms with Crippen LogP contribution in [0.2, 0.25) is 0 Å². The number of hydrogen-bond acceptors (Lipinski definition) is 5. The predicted molar refractivity (Wildman–Crippen MR) is 66.6 cm³/mol. The molecular weight excluding hydrogens is 234 g/mol. The molecule has 2 aromatic rings. The number of methoxy groups -OCH3 is 1. The summed E-state index contributed by atoms with van der Waals surface area (Å²) in [6.07, 6.45) is 1.45. The second-order valence-corrected chi connectivity index (χ2v) is 3.74. The molecule has 0 aliphatic heterocycles. The third-order valence-corrected chi connectivity index (χ3v) is 2.27. The van der Waals surface area contributed by atoms with Crippen molar-refractivity contribution in [3.63, 3.8) is 0 Å². The maximum Gasteiger partial charge on any atom is 0.301 e. The van der Waals surface area contributed by atoms with Crippen LogP contribution in [0.5, 0.6) is 5.75 Å². The van der Waals surface area contributed by atoms with Crippen LogP contribution in [-0.4, -0.2) is 18.0 Å². The van der Waals surface area contributed by atoms with Crippen molar-refractivity contribution < 1.29 is 13.9 Å². The number of aryl methyl sites for hydroxylation is 1. The average molecular weight is 247 g/mol. The van der Waals surface area contributed by atoms with Gasteiger partial charge in [0, 0.05) is 17.3 Å². The molecule has 2 rings (SSSR count). The minimum Gasteiger partial charge on any atom is -0.497 e. The number of anilines is 2. The number of benzene rings is 1. The third-order valence-electron chi connectivity index (χ3n) is 2.27.